The second-order valence-electron chi connectivity index (χ2n) is 6.31. The average molecular weight is 354 g/mol. The summed E-state index contributed by atoms with van der Waals surface area (Å²) < 4.78 is 16.6. The van der Waals surface area contributed by atoms with Gasteiger partial charge in [-0.25, -0.2) is 14.4 Å². The smallest absolute Gasteiger partial charge is 0.268 e. The van der Waals surface area contributed by atoms with E-state index in [9.17, 15) is 9.18 Å². The molecule has 3 heterocycles. The zero-order valence-corrected chi connectivity index (χ0v) is 14.4. The van der Waals surface area contributed by atoms with Crippen molar-refractivity contribution in [2.24, 2.45) is 5.73 Å². The highest BCUT2D eigenvalue weighted by molar-refractivity contribution is 5.90. The molecule has 1 aromatic carbocycles. The number of hydrogen-bond donors (Lipinski definition) is 2. The Bertz CT molecular complexity index is 993. The van der Waals surface area contributed by atoms with Gasteiger partial charge in [-0.2, -0.15) is 0 Å². The van der Waals surface area contributed by atoms with Crippen LogP contribution in [0, 0.1) is 12.7 Å². The van der Waals surface area contributed by atoms with E-state index in [1.165, 1.54) is 12.4 Å². The number of primary amides is 1. The Morgan fingerprint density at radius 2 is 2.08 bits per heavy atom. The monoisotopic (exact) mass is 354 g/mol. The van der Waals surface area contributed by atoms with Gasteiger partial charge in [0.1, 0.15) is 11.5 Å². The van der Waals surface area contributed by atoms with Gasteiger partial charge in [-0.15, -0.1) is 0 Å². The zero-order chi connectivity index (χ0) is 18.3. The Labute approximate surface area is 149 Å². The minimum absolute atomic E-state index is 0.106. The fourth-order valence-corrected chi connectivity index (χ4v) is 3.34. The number of hydrogen-bond acceptors (Lipinski definition) is 5. The van der Waals surface area contributed by atoms with E-state index in [4.69, 9.17) is 5.73 Å². The van der Waals surface area contributed by atoms with Crippen molar-refractivity contribution in [3.8, 4) is 11.3 Å². The number of nitrogens with zero attached hydrogens (tertiary/aromatic N) is 4. The summed E-state index contributed by atoms with van der Waals surface area (Å²) in [6, 6.07) is 5.22. The molecule has 3 N–H and O–H groups in total. The Hall–Kier alpha value is -3.00. The van der Waals surface area contributed by atoms with E-state index in [1.54, 1.807) is 23.5 Å². The number of aromatic nitrogens is 3. The van der Waals surface area contributed by atoms with E-state index < -0.39 is 5.91 Å². The molecule has 26 heavy (non-hydrogen) atoms. The van der Waals surface area contributed by atoms with E-state index in [0.29, 0.717) is 22.6 Å². The molecule has 1 amide bonds. The Morgan fingerprint density at radius 1 is 1.31 bits per heavy atom. The lowest BCUT2D eigenvalue weighted by Gasteiger charge is -2.29. The molecule has 0 atom stereocenters. The number of carbonyl (C=O) groups excluding carboxylic acids is 1. The Balaban J connectivity index is 1.80. The van der Waals surface area contributed by atoms with E-state index in [-0.39, 0.29) is 11.5 Å². The highest BCUT2D eigenvalue weighted by Gasteiger charge is 2.18. The van der Waals surface area contributed by atoms with Crippen LogP contribution in [0.4, 0.5) is 10.1 Å². The average Bonchev–Trinajstić information content (AvgIpc) is 2.97. The number of aryl methyl sites for hydroxylation is 1. The number of anilines is 1. The van der Waals surface area contributed by atoms with E-state index in [1.807, 2.05) is 6.07 Å². The van der Waals surface area contributed by atoms with Gasteiger partial charge in [0, 0.05) is 43.6 Å². The molecule has 0 bridgehead atoms. The van der Waals surface area contributed by atoms with Gasteiger partial charge >= 0.3 is 0 Å². The number of imidazole rings is 1. The topological polar surface area (TPSA) is 88.5 Å². The number of rotatable bonds is 3. The normalized spacial score (nSPS) is 14.8. The molecular weight excluding hydrogens is 335 g/mol. The largest absolute Gasteiger partial charge is 0.369 e. The molecule has 134 valence electrons. The molecule has 1 aliphatic rings. The van der Waals surface area contributed by atoms with Gasteiger partial charge in [-0.05, 0) is 25.1 Å². The summed E-state index contributed by atoms with van der Waals surface area (Å²) in [7, 11) is 0. The van der Waals surface area contributed by atoms with Crippen LogP contribution in [0.1, 0.15) is 16.2 Å². The standard InChI is InChI=1S/C18H19FN6O/c1-11-17(25-10-15(18(20)26)22-9-16(25)23-11)13-3-2-12(8-14(13)19)24-6-4-21-5-7-24/h2-3,8-10,21H,4-7H2,1H3,(H2,20,26). The number of nitrogens with one attached hydrogen (secondary N) is 1. The summed E-state index contributed by atoms with van der Waals surface area (Å²) in [6.07, 6.45) is 2.96. The van der Waals surface area contributed by atoms with Gasteiger partial charge in [0.2, 0.25) is 0 Å². The summed E-state index contributed by atoms with van der Waals surface area (Å²) in [5.74, 6) is -0.970. The first-order valence-electron chi connectivity index (χ1n) is 8.44. The molecule has 0 aliphatic carbocycles. The van der Waals surface area contributed by atoms with Crippen molar-refractivity contribution in [1.82, 2.24) is 19.7 Å². The number of amides is 1. The number of benzene rings is 1. The predicted molar refractivity (Wildman–Crippen MR) is 96.7 cm³/mol. The summed E-state index contributed by atoms with van der Waals surface area (Å²) in [6.45, 7) is 5.27. The quantitative estimate of drug-likeness (QED) is 0.741. The molecule has 2 aromatic heterocycles. The zero-order valence-electron chi connectivity index (χ0n) is 14.4. The van der Waals surface area contributed by atoms with E-state index in [0.717, 1.165) is 31.9 Å². The number of halogens is 1. The summed E-state index contributed by atoms with van der Waals surface area (Å²) in [4.78, 5) is 22.0. The molecule has 1 aliphatic heterocycles. The lowest BCUT2D eigenvalue weighted by molar-refractivity contribution is 0.0995. The highest BCUT2D eigenvalue weighted by Crippen LogP contribution is 2.30. The number of fused-ring (bicyclic) bond motifs is 1. The Morgan fingerprint density at radius 3 is 2.77 bits per heavy atom. The molecule has 8 heteroatoms. The molecule has 3 aromatic rings. The summed E-state index contributed by atoms with van der Waals surface area (Å²) >= 11 is 0. The third kappa shape index (κ3) is 2.78. The van der Waals surface area contributed by atoms with Crippen molar-refractivity contribution in [1.29, 1.82) is 0 Å². The van der Waals surface area contributed by atoms with Gasteiger partial charge in [0.25, 0.3) is 5.91 Å². The third-order valence-corrected chi connectivity index (χ3v) is 4.63. The molecule has 4 rings (SSSR count). The maximum atomic E-state index is 14.9. The van der Waals surface area contributed by atoms with Crippen molar-refractivity contribution < 1.29 is 9.18 Å². The number of piperazine rings is 1. The minimum atomic E-state index is -0.640. The van der Waals surface area contributed by atoms with Crippen LogP contribution in [0.25, 0.3) is 16.9 Å². The van der Waals surface area contributed by atoms with Crippen LogP contribution in [0.15, 0.2) is 30.6 Å². The van der Waals surface area contributed by atoms with Gasteiger partial charge in [-0.3, -0.25) is 9.20 Å². The molecule has 0 spiro atoms. The first-order chi connectivity index (χ1) is 12.5. The lowest BCUT2D eigenvalue weighted by atomic mass is 10.1. The van der Waals surface area contributed by atoms with Crippen LogP contribution in [0.2, 0.25) is 0 Å². The van der Waals surface area contributed by atoms with E-state index >= 15 is 0 Å². The van der Waals surface area contributed by atoms with Crippen LogP contribution in [-0.4, -0.2) is 46.5 Å². The molecule has 1 fully saturated rings. The first kappa shape index (κ1) is 16.5. The molecule has 0 unspecified atom stereocenters. The van der Waals surface area contributed by atoms with Gasteiger partial charge in [0.15, 0.2) is 5.65 Å². The van der Waals surface area contributed by atoms with Crippen molar-refractivity contribution in [2.45, 2.75) is 6.92 Å². The molecule has 0 radical (unpaired) electrons. The number of nitrogens with two attached hydrogens (primary N) is 1. The van der Waals surface area contributed by atoms with Gasteiger partial charge in [0.05, 0.1) is 17.6 Å². The van der Waals surface area contributed by atoms with E-state index in [2.05, 4.69) is 20.2 Å². The fourth-order valence-electron chi connectivity index (χ4n) is 3.34. The van der Waals surface area contributed by atoms with Gasteiger partial charge in [-0.1, -0.05) is 0 Å². The minimum Gasteiger partial charge on any atom is -0.369 e. The van der Waals surface area contributed by atoms with Crippen LogP contribution < -0.4 is 16.0 Å². The maximum Gasteiger partial charge on any atom is 0.268 e. The summed E-state index contributed by atoms with van der Waals surface area (Å²) in [5.41, 5.74) is 8.49. The van der Waals surface area contributed by atoms with Crippen molar-refractivity contribution >= 4 is 17.2 Å². The van der Waals surface area contributed by atoms with Crippen LogP contribution >= 0.6 is 0 Å². The molecule has 1 saturated heterocycles. The third-order valence-electron chi connectivity index (χ3n) is 4.63. The van der Waals surface area contributed by atoms with Crippen LogP contribution in [-0.2, 0) is 0 Å². The SMILES string of the molecule is Cc1nc2cnc(C(N)=O)cn2c1-c1ccc(N2CCNCC2)cc1F. The second kappa shape index (κ2) is 6.38. The van der Waals surface area contributed by atoms with Crippen LogP contribution in [0.5, 0.6) is 0 Å². The Kier molecular flexibility index (Phi) is 4.04. The molecule has 0 saturated carbocycles. The van der Waals surface area contributed by atoms with Gasteiger partial charge < -0.3 is 16.0 Å². The van der Waals surface area contributed by atoms with Crippen LogP contribution in [0.3, 0.4) is 0 Å². The maximum absolute atomic E-state index is 14.9. The fraction of sp³-hybridized carbons (Fsp3) is 0.278. The number of carbonyl (C=O) groups is 1. The first-order valence-corrected chi connectivity index (χ1v) is 8.44. The molecular formula is C18H19FN6O. The summed E-state index contributed by atoms with van der Waals surface area (Å²) in [5, 5.41) is 3.28. The molecule has 7 nitrogen and oxygen atoms in total. The van der Waals surface area contributed by atoms with Crippen molar-refractivity contribution in [2.75, 3.05) is 31.1 Å². The van der Waals surface area contributed by atoms with Crippen molar-refractivity contribution in [3.05, 3.63) is 47.8 Å². The second-order valence-corrected chi connectivity index (χ2v) is 6.31. The van der Waals surface area contributed by atoms with Crippen molar-refractivity contribution in [3.63, 3.8) is 0 Å². The predicted octanol–water partition coefficient (Wildman–Crippen LogP) is 1.35. The lowest BCUT2D eigenvalue weighted by Crippen LogP contribution is -2.43. The highest BCUT2D eigenvalue weighted by atomic mass is 19.1.